The number of benzene rings is 2. The lowest BCUT2D eigenvalue weighted by atomic mass is 10.2. The molecule has 2 aromatic carbocycles. The number of methoxy groups -OCH3 is 1. The molecule has 0 spiro atoms. The fourth-order valence-electron chi connectivity index (χ4n) is 2.51. The Balaban J connectivity index is 2.03. The minimum absolute atomic E-state index is 0.117. The number of para-hydroxylation sites is 1. The van der Waals surface area contributed by atoms with E-state index in [1.54, 1.807) is 30.9 Å². The van der Waals surface area contributed by atoms with Crippen molar-refractivity contribution in [2.24, 2.45) is 0 Å². The molecule has 134 valence electrons. The molecule has 0 aliphatic carbocycles. The number of carbonyl (C=O) groups is 1. The maximum atomic E-state index is 13.0. The van der Waals surface area contributed by atoms with Gasteiger partial charge in [0.1, 0.15) is 5.75 Å². The van der Waals surface area contributed by atoms with Crippen LogP contribution in [0.5, 0.6) is 5.75 Å². The number of carbonyl (C=O) groups excluding carboxylic acids is 1. The third-order valence-corrected chi connectivity index (χ3v) is 4.91. The highest BCUT2D eigenvalue weighted by atomic mass is 32.2. The molecule has 26 heavy (non-hydrogen) atoms. The Hall–Kier alpha value is -2.80. The van der Waals surface area contributed by atoms with Crippen molar-refractivity contribution in [3.8, 4) is 5.75 Å². The molecule has 0 aliphatic rings. The first-order chi connectivity index (χ1) is 12.6. The summed E-state index contributed by atoms with van der Waals surface area (Å²) in [7, 11) is 3.20. The molecule has 0 saturated carbocycles. The highest BCUT2D eigenvalue weighted by Crippen LogP contribution is 2.19. The van der Waals surface area contributed by atoms with E-state index in [1.165, 1.54) is 11.8 Å². The zero-order valence-corrected chi connectivity index (χ0v) is 15.4. The molecule has 0 saturated heterocycles. The van der Waals surface area contributed by atoms with E-state index in [4.69, 9.17) is 4.74 Å². The lowest BCUT2D eigenvalue weighted by Crippen LogP contribution is -2.25. The Morgan fingerprint density at radius 1 is 1.19 bits per heavy atom. The molecule has 7 heteroatoms. The standard InChI is InChI=1S/C19H19N3O3S/c1-20-17(23)12-26-19-21-16-6-4-3-5-15(16)18(24)22(19)11-13-7-9-14(25-2)10-8-13/h3-10H,11-12H2,1-2H3,(H,20,23). The van der Waals surface area contributed by atoms with Gasteiger partial charge in [0.05, 0.1) is 30.3 Å². The van der Waals surface area contributed by atoms with Crippen molar-refractivity contribution in [3.05, 3.63) is 64.4 Å². The highest BCUT2D eigenvalue weighted by Gasteiger charge is 2.13. The Bertz CT molecular complexity index is 983. The summed E-state index contributed by atoms with van der Waals surface area (Å²) >= 11 is 1.25. The third-order valence-electron chi connectivity index (χ3n) is 3.94. The van der Waals surface area contributed by atoms with Crippen LogP contribution in [0.2, 0.25) is 0 Å². The average molecular weight is 369 g/mol. The smallest absolute Gasteiger partial charge is 0.262 e. The van der Waals surface area contributed by atoms with Gasteiger partial charge in [0.2, 0.25) is 5.91 Å². The van der Waals surface area contributed by atoms with Crippen LogP contribution in [0.4, 0.5) is 0 Å². The summed E-state index contributed by atoms with van der Waals surface area (Å²) in [5, 5.41) is 3.66. The largest absolute Gasteiger partial charge is 0.497 e. The molecular weight excluding hydrogens is 350 g/mol. The molecule has 3 aromatic rings. The molecule has 1 heterocycles. The van der Waals surface area contributed by atoms with Gasteiger partial charge < -0.3 is 10.1 Å². The van der Waals surface area contributed by atoms with Crippen LogP contribution in [-0.2, 0) is 11.3 Å². The van der Waals surface area contributed by atoms with Crippen LogP contribution in [0.15, 0.2) is 58.5 Å². The van der Waals surface area contributed by atoms with Crippen molar-refractivity contribution >= 4 is 28.6 Å². The number of hydrogen-bond acceptors (Lipinski definition) is 5. The first kappa shape index (κ1) is 18.0. The van der Waals surface area contributed by atoms with E-state index in [1.807, 2.05) is 36.4 Å². The predicted octanol–water partition coefficient (Wildman–Crippen LogP) is 2.29. The zero-order chi connectivity index (χ0) is 18.5. The summed E-state index contributed by atoms with van der Waals surface area (Å²) < 4.78 is 6.78. The van der Waals surface area contributed by atoms with Crippen LogP contribution < -0.4 is 15.6 Å². The van der Waals surface area contributed by atoms with E-state index in [9.17, 15) is 9.59 Å². The quantitative estimate of drug-likeness (QED) is 0.533. The van der Waals surface area contributed by atoms with Gasteiger partial charge in [-0.05, 0) is 29.8 Å². The van der Waals surface area contributed by atoms with Crippen LogP contribution >= 0.6 is 11.8 Å². The Morgan fingerprint density at radius 2 is 1.92 bits per heavy atom. The van der Waals surface area contributed by atoms with Crippen LogP contribution in [0.1, 0.15) is 5.56 Å². The number of fused-ring (bicyclic) bond motifs is 1. The number of hydrogen-bond donors (Lipinski definition) is 1. The molecule has 0 unspecified atom stereocenters. The van der Waals surface area contributed by atoms with Gasteiger partial charge in [-0.2, -0.15) is 0 Å². The molecule has 1 N–H and O–H groups in total. The molecular formula is C19H19N3O3S. The third kappa shape index (κ3) is 3.88. The van der Waals surface area contributed by atoms with Gasteiger partial charge in [0.15, 0.2) is 5.16 Å². The molecule has 1 amide bonds. The molecule has 3 rings (SSSR count). The molecule has 6 nitrogen and oxygen atoms in total. The second-order valence-electron chi connectivity index (χ2n) is 5.61. The Kier molecular flexibility index (Phi) is 5.58. The van der Waals surface area contributed by atoms with E-state index in [0.29, 0.717) is 22.6 Å². The molecule has 0 aliphatic heterocycles. The lowest BCUT2D eigenvalue weighted by molar-refractivity contribution is -0.118. The average Bonchev–Trinajstić information content (AvgIpc) is 2.69. The van der Waals surface area contributed by atoms with Crippen molar-refractivity contribution in [1.82, 2.24) is 14.9 Å². The van der Waals surface area contributed by atoms with Crippen LogP contribution in [0.3, 0.4) is 0 Å². The number of nitrogens with one attached hydrogen (secondary N) is 1. The minimum Gasteiger partial charge on any atom is -0.497 e. The predicted molar refractivity (Wildman–Crippen MR) is 103 cm³/mol. The second-order valence-corrected chi connectivity index (χ2v) is 6.56. The summed E-state index contributed by atoms with van der Waals surface area (Å²) in [5.41, 5.74) is 1.46. The summed E-state index contributed by atoms with van der Waals surface area (Å²) in [4.78, 5) is 29.2. The van der Waals surface area contributed by atoms with Crippen molar-refractivity contribution in [1.29, 1.82) is 0 Å². The van der Waals surface area contributed by atoms with Crippen molar-refractivity contribution in [2.45, 2.75) is 11.7 Å². The molecule has 0 atom stereocenters. The Labute approximate surface area is 155 Å². The van der Waals surface area contributed by atoms with Gasteiger partial charge in [0.25, 0.3) is 5.56 Å². The number of amides is 1. The summed E-state index contributed by atoms with van der Waals surface area (Å²) in [6.45, 7) is 0.372. The Morgan fingerprint density at radius 3 is 2.62 bits per heavy atom. The molecule has 1 aromatic heterocycles. The fourth-order valence-corrected chi connectivity index (χ4v) is 3.38. The number of thioether (sulfide) groups is 1. The normalized spacial score (nSPS) is 10.7. The van der Waals surface area contributed by atoms with Gasteiger partial charge in [-0.1, -0.05) is 36.0 Å². The SMILES string of the molecule is CNC(=O)CSc1nc2ccccc2c(=O)n1Cc1ccc(OC)cc1. The van der Waals surface area contributed by atoms with Gasteiger partial charge in [-0.25, -0.2) is 4.98 Å². The highest BCUT2D eigenvalue weighted by molar-refractivity contribution is 7.99. The second kappa shape index (κ2) is 8.05. The number of rotatable bonds is 6. The van der Waals surface area contributed by atoms with Crippen molar-refractivity contribution in [3.63, 3.8) is 0 Å². The van der Waals surface area contributed by atoms with E-state index < -0.39 is 0 Å². The van der Waals surface area contributed by atoms with Crippen molar-refractivity contribution < 1.29 is 9.53 Å². The molecule has 0 bridgehead atoms. The van der Waals surface area contributed by atoms with Gasteiger partial charge in [-0.15, -0.1) is 0 Å². The van der Waals surface area contributed by atoms with E-state index in [0.717, 1.165) is 11.3 Å². The lowest BCUT2D eigenvalue weighted by Gasteiger charge is -2.13. The molecule has 0 radical (unpaired) electrons. The molecule has 0 fully saturated rings. The zero-order valence-electron chi connectivity index (χ0n) is 14.6. The van der Waals surface area contributed by atoms with E-state index in [-0.39, 0.29) is 17.2 Å². The minimum atomic E-state index is -0.120. The summed E-state index contributed by atoms with van der Waals surface area (Å²) in [6.07, 6.45) is 0. The van der Waals surface area contributed by atoms with Crippen molar-refractivity contribution in [2.75, 3.05) is 19.9 Å². The maximum Gasteiger partial charge on any atom is 0.262 e. The van der Waals surface area contributed by atoms with Gasteiger partial charge in [0, 0.05) is 7.05 Å². The monoisotopic (exact) mass is 369 g/mol. The van der Waals surface area contributed by atoms with Crippen LogP contribution in [0.25, 0.3) is 10.9 Å². The number of nitrogens with zero attached hydrogens (tertiary/aromatic N) is 2. The first-order valence-electron chi connectivity index (χ1n) is 8.08. The van der Waals surface area contributed by atoms with Gasteiger partial charge >= 0.3 is 0 Å². The summed E-state index contributed by atoms with van der Waals surface area (Å²) in [5.74, 6) is 0.838. The number of aromatic nitrogens is 2. The van der Waals surface area contributed by atoms with E-state index >= 15 is 0 Å². The van der Waals surface area contributed by atoms with Crippen LogP contribution in [-0.4, -0.2) is 35.4 Å². The van der Waals surface area contributed by atoms with Crippen LogP contribution in [0, 0.1) is 0 Å². The number of ether oxygens (including phenoxy) is 1. The van der Waals surface area contributed by atoms with Gasteiger partial charge in [-0.3, -0.25) is 14.2 Å². The summed E-state index contributed by atoms with van der Waals surface area (Å²) in [6, 6.07) is 14.8. The van der Waals surface area contributed by atoms with E-state index in [2.05, 4.69) is 10.3 Å². The maximum absolute atomic E-state index is 13.0. The fraction of sp³-hybridized carbons (Fsp3) is 0.211. The topological polar surface area (TPSA) is 73.2 Å². The first-order valence-corrected chi connectivity index (χ1v) is 9.07.